The first-order valence-electron chi connectivity index (χ1n) is 5.20. The zero-order valence-electron chi connectivity index (χ0n) is 8.16. The van der Waals surface area contributed by atoms with E-state index in [4.69, 9.17) is 0 Å². The Morgan fingerprint density at radius 1 is 1.00 bits per heavy atom. The summed E-state index contributed by atoms with van der Waals surface area (Å²) in [7, 11) is 0. The molecule has 0 N–H and O–H groups in total. The molecule has 1 aromatic carbocycles. The van der Waals surface area contributed by atoms with E-state index in [9.17, 15) is 4.39 Å². The van der Waals surface area contributed by atoms with Gasteiger partial charge in [-0.1, -0.05) is 18.2 Å². The van der Waals surface area contributed by atoms with E-state index in [0.29, 0.717) is 5.25 Å². The standard InChI is InChI=1S/C12H15FS/c13-10-6-8-12(9-7-10)14-11-4-2-1-3-5-11/h1-5,10,12H,6-9H2. The highest BCUT2D eigenvalue weighted by Crippen LogP contribution is 2.34. The van der Waals surface area contributed by atoms with Crippen molar-refractivity contribution in [3.05, 3.63) is 30.3 Å². The minimum atomic E-state index is -0.539. The molecule has 0 bridgehead atoms. The van der Waals surface area contributed by atoms with E-state index in [1.165, 1.54) is 4.90 Å². The third-order valence-electron chi connectivity index (χ3n) is 2.65. The first-order chi connectivity index (χ1) is 6.84. The topological polar surface area (TPSA) is 0 Å². The minimum absolute atomic E-state index is 0.539. The van der Waals surface area contributed by atoms with Gasteiger partial charge in [-0.05, 0) is 37.8 Å². The van der Waals surface area contributed by atoms with Crippen LogP contribution in [0.1, 0.15) is 25.7 Å². The molecular weight excluding hydrogens is 195 g/mol. The van der Waals surface area contributed by atoms with Crippen LogP contribution in [0.25, 0.3) is 0 Å². The summed E-state index contributed by atoms with van der Waals surface area (Å²) in [6.07, 6.45) is 3.03. The molecule has 0 saturated heterocycles. The number of rotatable bonds is 2. The molecule has 0 unspecified atom stereocenters. The van der Waals surface area contributed by atoms with E-state index < -0.39 is 6.17 Å². The molecule has 2 rings (SSSR count). The van der Waals surface area contributed by atoms with Crippen molar-refractivity contribution in [1.82, 2.24) is 0 Å². The van der Waals surface area contributed by atoms with Gasteiger partial charge >= 0.3 is 0 Å². The zero-order chi connectivity index (χ0) is 9.80. The minimum Gasteiger partial charge on any atom is -0.247 e. The third-order valence-corrected chi connectivity index (χ3v) is 4.00. The quantitative estimate of drug-likeness (QED) is 0.709. The first-order valence-corrected chi connectivity index (χ1v) is 6.08. The number of alkyl halides is 1. The molecule has 1 aliphatic carbocycles. The Labute approximate surface area is 88.9 Å². The van der Waals surface area contributed by atoms with Crippen LogP contribution in [0, 0.1) is 0 Å². The van der Waals surface area contributed by atoms with Crippen molar-refractivity contribution in [3.8, 4) is 0 Å². The van der Waals surface area contributed by atoms with E-state index in [2.05, 4.69) is 24.3 Å². The van der Waals surface area contributed by atoms with Gasteiger partial charge in [-0.2, -0.15) is 0 Å². The van der Waals surface area contributed by atoms with E-state index in [-0.39, 0.29) is 0 Å². The summed E-state index contributed by atoms with van der Waals surface area (Å²) in [5.41, 5.74) is 0. The van der Waals surface area contributed by atoms with Gasteiger partial charge in [0.25, 0.3) is 0 Å². The van der Waals surface area contributed by atoms with Gasteiger partial charge in [-0.15, -0.1) is 11.8 Å². The van der Waals surface area contributed by atoms with Gasteiger partial charge in [-0.3, -0.25) is 0 Å². The second-order valence-electron chi connectivity index (χ2n) is 3.80. The van der Waals surface area contributed by atoms with Crippen molar-refractivity contribution in [2.45, 2.75) is 42.0 Å². The largest absolute Gasteiger partial charge is 0.247 e. The normalized spacial score (nSPS) is 27.5. The highest BCUT2D eigenvalue weighted by atomic mass is 32.2. The second-order valence-corrected chi connectivity index (χ2v) is 5.18. The summed E-state index contributed by atoms with van der Waals surface area (Å²) in [5, 5.41) is 0.629. The van der Waals surface area contributed by atoms with Crippen LogP contribution in [0.2, 0.25) is 0 Å². The molecule has 1 fully saturated rings. The van der Waals surface area contributed by atoms with Crippen LogP contribution < -0.4 is 0 Å². The number of benzene rings is 1. The summed E-state index contributed by atoms with van der Waals surface area (Å²) in [4.78, 5) is 1.31. The average molecular weight is 210 g/mol. The molecule has 1 aliphatic rings. The molecule has 0 spiro atoms. The summed E-state index contributed by atoms with van der Waals surface area (Å²) < 4.78 is 12.9. The first kappa shape index (κ1) is 10.0. The molecule has 1 saturated carbocycles. The van der Waals surface area contributed by atoms with E-state index in [1.54, 1.807) is 0 Å². The van der Waals surface area contributed by atoms with Gasteiger partial charge in [0.05, 0.1) is 0 Å². The predicted octanol–water partition coefficient (Wildman–Crippen LogP) is 4.06. The highest BCUT2D eigenvalue weighted by molar-refractivity contribution is 8.00. The Hall–Kier alpha value is -0.500. The van der Waals surface area contributed by atoms with Crippen LogP contribution >= 0.6 is 11.8 Å². The van der Waals surface area contributed by atoms with Gasteiger partial charge in [-0.25, -0.2) is 4.39 Å². The highest BCUT2D eigenvalue weighted by Gasteiger charge is 2.20. The number of halogens is 1. The zero-order valence-corrected chi connectivity index (χ0v) is 8.97. The van der Waals surface area contributed by atoms with Crippen molar-refractivity contribution in [1.29, 1.82) is 0 Å². The van der Waals surface area contributed by atoms with Crippen molar-refractivity contribution in [2.24, 2.45) is 0 Å². The van der Waals surface area contributed by atoms with Crippen molar-refractivity contribution >= 4 is 11.8 Å². The molecule has 0 amide bonds. The molecule has 0 atom stereocenters. The van der Waals surface area contributed by atoms with E-state index in [0.717, 1.165) is 25.7 Å². The predicted molar refractivity (Wildman–Crippen MR) is 59.5 cm³/mol. The molecule has 0 aliphatic heterocycles. The Kier molecular flexibility index (Phi) is 3.46. The molecule has 0 nitrogen and oxygen atoms in total. The van der Waals surface area contributed by atoms with E-state index in [1.807, 2.05) is 17.8 Å². The van der Waals surface area contributed by atoms with E-state index >= 15 is 0 Å². The summed E-state index contributed by atoms with van der Waals surface area (Å²) >= 11 is 1.90. The lowest BCUT2D eigenvalue weighted by molar-refractivity contribution is 0.255. The lowest BCUT2D eigenvalue weighted by atomic mass is 9.98. The van der Waals surface area contributed by atoms with Crippen LogP contribution in [-0.2, 0) is 0 Å². The molecule has 76 valence electrons. The van der Waals surface area contributed by atoms with Gasteiger partial charge < -0.3 is 0 Å². The van der Waals surface area contributed by atoms with Crippen LogP contribution in [0.3, 0.4) is 0 Å². The summed E-state index contributed by atoms with van der Waals surface area (Å²) in [6, 6.07) is 10.4. The van der Waals surface area contributed by atoms with Crippen molar-refractivity contribution in [3.63, 3.8) is 0 Å². The third kappa shape index (κ3) is 2.74. The molecule has 0 heterocycles. The van der Waals surface area contributed by atoms with Gasteiger partial charge in [0, 0.05) is 10.1 Å². The second kappa shape index (κ2) is 4.83. The van der Waals surface area contributed by atoms with Crippen LogP contribution in [0.5, 0.6) is 0 Å². The van der Waals surface area contributed by atoms with Crippen molar-refractivity contribution < 1.29 is 4.39 Å². The maximum absolute atomic E-state index is 12.9. The molecule has 0 aromatic heterocycles. The fraction of sp³-hybridized carbons (Fsp3) is 0.500. The van der Waals surface area contributed by atoms with Crippen molar-refractivity contribution in [2.75, 3.05) is 0 Å². The maximum atomic E-state index is 12.9. The molecule has 2 heteroatoms. The Bertz CT molecular complexity index is 265. The number of thioether (sulfide) groups is 1. The van der Waals surface area contributed by atoms with Crippen LogP contribution in [0.4, 0.5) is 4.39 Å². The lowest BCUT2D eigenvalue weighted by Gasteiger charge is -2.23. The number of hydrogen-bond donors (Lipinski definition) is 0. The summed E-state index contributed by atoms with van der Waals surface area (Å²) in [5.74, 6) is 0. The fourth-order valence-electron chi connectivity index (χ4n) is 1.83. The maximum Gasteiger partial charge on any atom is 0.100 e. The molecule has 14 heavy (non-hydrogen) atoms. The van der Waals surface area contributed by atoms with Gasteiger partial charge in [0.2, 0.25) is 0 Å². The van der Waals surface area contributed by atoms with Gasteiger partial charge in [0.15, 0.2) is 0 Å². The average Bonchev–Trinajstić information content (AvgIpc) is 2.23. The van der Waals surface area contributed by atoms with Crippen LogP contribution in [0.15, 0.2) is 35.2 Å². The Morgan fingerprint density at radius 2 is 1.64 bits per heavy atom. The van der Waals surface area contributed by atoms with Gasteiger partial charge in [0.1, 0.15) is 6.17 Å². The SMILES string of the molecule is FC1CCC(Sc2ccccc2)CC1. The molecule has 1 aromatic rings. The Morgan fingerprint density at radius 3 is 2.29 bits per heavy atom. The number of hydrogen-bond acceptors (Lipinski definition) is 1. The molecular formula is C12H15FS. The Balaban J connectivity index is 1.87. The van der Waals surface area contributed by atoms with Crippen LogP contribution in [-0.4, -0.2) is 11.4 Å². The smallest absolute Gasteiger partial charge is 0.100 e. The fourth-order valence-corrected chi connectivity index (χ4v) is 3.04. The summed E-state index contributed by atoms with van der Waals surface area (Å²) in [6.45, 7) is 0. The monoisotopic (exact) mass is 210 g/mol. The lowest BCUT2D eigenvalue weighted by Crippen LogP contribution is -2.16. The molecule has 0 radical (unpaired) electrons.